The molecule has 4 rings (SSSR count). The zero-order valence-corrected chi connectivity index (χ0v) is 20.1. The Kier molecular flexibility index (Phi) is 7.35. The molecule has 0 fully saturated rings. The average Bonchev–Trinajstić information content (AvgIpc) is 2.89. The number of phenolic OH excluding ortho intramolecular Hbond substituents is 1. The smallest absolute Gasteiger partial charge is 0.336 e. The monoisotopic (exact) mass is 522 g/mol. The second-order valence-corrected chi connectivity index (χ2v) is 8.55. The molecule has 0 aliphatic rings. The molecule has 0 spiro atoms. The summed E-state index contributed by atoms with van der Waals surface area (Å²) in [5.74, 6) is -3.35. The van der Waals surface area contributed by atoms with Gasteiger partial charge in [-0.25, -0.2) is 19.0 Å². The van der Waals surface area contributed by atoms with Crippen LogP contribution in [0.2, 0.25) is 5.02 Å². The molecule has 1 atom stereocenters. The predicted octanol–water partition coefficient (Wildman–Crippen LogP) is 4.61. The number of carbonyl (C=O) groups is 3. The molecular weight excluding hydrogens is 503 g/mol. The Bertz CT molecular complexity index is 1520. The fourth-order valence-electron chi connectivity index (χ4n) is 3.81. The lowest BCUT2D eigenvalue weighted by Gasteiger charge is -2.17. The Morgan fingerprint density at radius 2 is 1.70 bits per heavy atom. The van der Waals surface area contributed by atoms with Crippen LogP contribution in [0.15, 0.2) is 66.7 Å². The first kappa shape index (κ1) is 25.6. The Balaban J connectivity index is 1.68. The number of phenols is 1. The van der Waals surface area contributed by atoms with Crippen molar-refractivity contribution in [1.82, 2.24) is 10.3 Å². The lowest BCUT2D eigenvalue weighted by molar-refractivity contribution is -0.142. The van der Waals surface area contributed by atoms with E-state index >= 15 is 0 Å². The number of benzene rings is 3. The molecule has 1 heterocycles. The van der Waals surface area contributed by atoms with E-state index in [1.807, 2.05) is 0 Å². The van der Waals surface area contributed by atoms with Gasteiger partial charge in [-0.05, 0) is 59.2 Å². The van der Waals surface area contributed by atoms with Gasteiger partial charge in [0.1, 0.15) is 23.3 Å². The number of pyridine rings is 1. The first-order valence-electron chi connectivity index (χ1n) is 11.0. The Labute approximate surface area is 215 Å². The van der Waals surface area contributed by atoms with Gasteiger partial charge in [-0.2, -0.15) is 0 Å². The van der Waals surface area contributed by atoms with Crippen LogP contribution in [0.25, 0.3) is 22.0 Å². The third kappa shape index (κ3) is 5.68. The van der Waals surface area contributed by atoms with Crippen molar-refractivity contribution in [1.29, 1.82) is 0 Å². The third-order valence-electron chi connectivity index (χ3n) is 5.69. The zero-order chi connectivity index (χ0) is 26.7. The lowest BCUT2D eigenvalue weighted by Crippen LogP contribution is -2.43. The van der Waals surface area contributed by atoms with E-state index in [0.717, 1.165) is 6.07 Å². The molecule has 10 heteroatoms. The summed E-state index contributed by atoms with van der Waals surface area (Å²) < 4.78 is 18.7. The second kappa shape index (κ2) is 10.6. The van der Waals surface area contributed by atoms with Gasteiger partial charge in [0, 0.05) is 11.8 Å². The molecule has 0 saturated carbocycles. The van der Waals surface area contributed by atoms with Gasteiger partial charge in [-0.3, -0.25) is 4.79 Å². The van der Waals surface area contributed by atoms with E-state index in [2.05, 4.69) is 10.3 Å². The van der Waals surface area contributed by atoms with E-state index in [9.17, 15) is 29.0 Å². The van der Waals surface area contributed by atoms with Crippen molar-refractivity contribution in [2.45, 2.75) is 12.5 Å². The number of methoxy groups -OCH3 is 1. The maximum Gasteiger partial charge on any atom is 0.336 e. The van der Waals surface area contributed by atoms with E-state index in [0.29, 0.717) is 16.7 Å². The van der Waals surface area contributed by atoms with Crippen LogP contribution in [-0.4, -0.2) is 46.2 Å². The van der Waals surface area contributed by atoms with Crippen LogP contribution in [0.1, 0.15) is 26.4 Å². The Morgan fingerprint density at radius 1 is 1.03 bits per heavy atom. The summed E-state index contributed by atoms with van der Waals surface area (Å²) in [5, 5.41) is 22.0. The number of fused-ring (bicyclic) bond motifs is 1. The highest BCUT2D eigenvalue weighted by Gasteiger charge is 2.25. The normalized spacial score (nSPS) is 11.6. The minimum atomic E-state index is -1.30. The number of nitrogens with zero attached hydrogens (tertiary/aromatic N) is 1. The van der Waals surface area contributed by atoms with Crippen LogP contribution >= 0.6 is 11.6 Å². The number of esters is 1. The van der Waals surface area contributed by atoms with E-state index in [1.54, 1.807) is 24.3 Å². The maximum atomic E-state index is 13.9. The van der Waals surface area contributed by atoms with Crippen LogP contribution < -0.4 is 5.32 Å². The van der Waals surface area contributed by atoms with Crippen molar-refractivity contribution in [3.8, 4) is 16.9 Å². The van der Waals surface area contributed by atoms with Gasteiger partial charge in [0.05, 0.1) is 23.2 Å². The molecule has 0 radical (unpaired) electrons. The van der Waals surface area contributed by atoms with Gasteiger partial charge in [-0.1, -0.05) is 35.9 Å². The van der Waals surface area contributed by atoms with Gasteiger partial charge in [0.25, 0.3) is 5.91 Å². The summed E-state index contributed by atoms with van der Waals surface area (Å²) in [6.45, 7) is 0. The molecule has 0 unspecified atom stereocenters. The van der Waals surface area contributed by atoms with Crippen molar-refractivity contribution in [2.75, 3.05) is 7.11 Å². The van der Waals surface area contributed by atoms with Gasteiger partial charge in [0.2, 0.25) is 0 Å². The van der Waals surface area contributed by atoms with Gasteiger partial charge in [0.15, 0.2) is 0 Å². The van der Waals surface area contributed by atoms with Gasteiger partial charge >= 0.3 is 11.9 Å². The number of hydrogen-bond donors (Lipinski definition) is 3. The van der Waals surface area contributed by atoms with Gasteiger partial charge < -0.3 is 20.3 Å². The molecule has 1 amide bonds. The van der Waals surface area contributed by atoms with E-state index in [-0.39, 0.29) is 39.4 Å². The molecular formula is C27H20ClFN2O6. The molecule has 3 N–H and O–H groups in total. The van der Waals surface area contributed by atoms with Crippen LogP contribution in [0.5, 0.6) is 5.75 Å². The molecule has 0 aliphatic heterocycles. The number of nitrogens with one attached hydrogen (secondary N) is 1. The average molecular weight is 523 g/mol. The first-order valence-corrected chi connectivity index (χ1v) is 11.3. The quantitative estimate of drug-likeness (QED) is 0.302. The molecule has 0 bridgehead atoms. The number of carboxylic acids is 1. The number of halogens is 2. The number of carboxylic acid groups (broad SMARTS) is 1. The molecule has 3 aromatic carbocycles. The minimum absolute atomic E-state index is 0.0382. The molecule has 1 aromatic heterocycles. The highest BCUT2D eigenvalue weighted by Crippen LogP contribution is 2.29. The summed E-state index contributed by atoms with van der Waals surface area (Å²) in [4.78, 5) is 41.7. The highest BCUT2D eigenvalue weighted by atomic mass is 35.5. The second-order valence-electron chi connectivity index (χ2n) is 8.14. The molecule has 0 saturated heterocycles. The van der Waals surface area contributed by atoms with Crippen molar-refractivity contribution in [3.05, 3.63) is 94.4 Å². The fraction of sp³-hybridized carbons (Fsp3) is 0.111. The van der Waals surface area contributed by atoms with Crippen LogP contribution in [0.4, 0.5) is 4.39 Å². The lowest BCUT2D eigenvalue weighted by atomic mass is 10.00. The summed E-state index contributed by atoms with van der Waals surface area (Å²) >= 11 is 5.75. The molecule has 188 valence electrons. The molecule has 8 nitrogen and oxygen atoms in total. The zero-order valence-electron chi connectivity index (χ0n) is 19.4. The van der Waals surface area contributed by atoms with Gasteiger partial charge in [-0.15, -0.1) is 0 Å². The third-order valence-corrected chi connectivity index (χ3v) is 6.00. The van der Waals surface area contributed by atoms with E-state index in [1.165, 1.54) is 43.5 Å². The first-order chi connectivity index (χ1) is 17.7. The van der Waals surface area contributed by atoms with Crippen LogP contribution in [0, 0.1) is 5.82 Å². The minimum Gasteiger partial charge on any atom is -0.508 e. The van der Waals surface area contributed by atoms with Crippen LogP contribution in [-0.2, 0) is 16.0 Å². The number of ether oxygens (including phenoxy) is 1. The Morgan fingerprint density at radius 3 is 2.35 bits per heavy atom. The summed E-state index contributed by atoms with van der Waals surface area (Å²) in [6, 6.07) is 15.0. The van der Waals surface area contributed by atoms with Crippen molar-refractivity contribution >= 4 is 40.3 Å². The van der Waals surface area contributed by atoms with Crippen molar-refractivity contribution < 1.29 is 33.7 Å². The maximum absolute atomic E-state index is 13.9. The molecule has 0 aliphatic carbocycles. The fourth-order valence-corrected chi connectivity index (χ4v) is 3.93. The van der Waals surface area contributed by atoms with E-state index < -0.39 is 29.7 Å². The predicted molar refractivity (Wildman–Crippen MR) is 134 cm³/mol. The SMILES string of the molecule is COC(=O)[C@H](Cc1ccc(O)cc1)NC(=O)c1cc(C(=O)O)c2cc(-c3ccc(Cl)c(F)c3)ccc2n1. The number of aromatic carboxylic acids is 1. The topological polar surface area (TPSA) is 126 Å². The number of aromatic nitrogens is 1. The Hall–Kier alpha value is -4.50. The largest absolute Gasteiger partial charge is 0.508 e. The number of hydrogen-bond acceptors (Lipinski definition) is 6. The standard InChI is InChI=1S/C27H20ClFN2O6/c1-37-27(36)24(10-14-2-6-17(32)7-3-14)31-25(33)23-13-19(26(34)35)18-11-15(5-9-22(18)30-23)16-4-8-20(28)21(29)12-16/h2-9,11-13,24,32H,10H2,1H3,(H,31,33)(H,34,35)/t24-/m0/s1. The number of rotatable bonds is 7. The van der Waals surface area contributed by atoms with E-state index in [4.69, 9.17) is 16.3 Å². The molecule has 4 aromatic rings. The molecule has 37 heavy (non-hydrogen) atoms. The van der Waals surface area contributed by atoms with Crippen molar-refractivity contribution in [2.24, 2.45) is 0 Å². The summed E-state index contributed by atoms with van der Waals surface area (Å²) in [5.41, 5.74) is 1.48. The summed E-state index contributed by atoms with van der Waals surface area (Å²) in [6.07, 6.45) is 0.0685. The summed E-state index contributed by atoms with van der Waals surface area (Å²) in [7, 11) is 1.18. The number of aromatic hydroxyl groups is 1. The van der Waals surface area contributed by atoms with Crippen LogP contribution in [0.3, 0.4) is 0 Å². The number of amides is 1. The van der Waals surface area contributed by atoms with Crippen molar-refractivity contribution in [3.63, 3.8) is 0 Å². The highest BCUT2D eigenvalue weighted by molar-refractivity contribution is 6.30. The number of carbonyl (C=O) groups excluding carboxylic acids is 2.